The number of ketones is 1. The Balaban J connectivity index is 0.000000609. The number of likely N-dealkylation sites (tertiary alicyclic amines) is 1. The molecule has 0 amide bonds. The molecule has 2 saturated heterocycles. The number of carbonyl (C=O) groups is 3. The normalized spacial score (nSPS) is 20.5. The molecule has 4 rings (SSSR count). The average Bonchev–Trinajstić information content (AvgIpc) is 3.62. The minimum Gasteiger partial charge on any atom is -0.354 e. The van der Waals surface area contributed by atoms with Crippen LogP contribution in [0.3, 0.4) is 0 Å². The summed E-state index contributed by atoms with van der Waals surface area (Å²) in [6.07, 6.45) is 6.92. The Morgan fingerprint density at radius 1 is 1.06 bits per heavy atom. The molecule has 1 aliphatic carbocycles. The van der Waals surface area contributed by atoms with Gasteiger partial charge < -0.3 is 24.1 Å². The first-order valence-electron chi connectivity index (χ1n) is 13.1. The number of ether oxygens (including phenoxy) is 1. The van der Waals surface area contributed by atoms with Gasteiger partial charge in [-0.05, 0) is 53.8 Å². The molecular formula is C29H51N3O4. The largest absolute Gasteiger partial charge is 0.354 e. The Morgan fingerprint density at radius 3 is 1.97 bits per heavy atom. The van der Waals surface area contributed by atoms with Crippen molar-refractivity contribution in [3.05, 3.63) is 35.4 Å². The Hall–Kier alpha value is -1.93. The van der Waals surface area contributed by atoms with Crippen LogP contribution in [0, 0.1) is 12.8 Å². The first-order valence-corrected chi connectivity index (χ1v) is 13.1. The average molecular weight is 506 g/mol. The Kier molecular flexibility index (Phi) is 17.4. The van der Waals surface area contributed by atoms with E-state index in [1.807, 2.05) is 44.8 Å². The molecular weight excluding hydrogens is 454 g/mol. The van der Waals surface area contributed by atoms with Crippen molar-refractivity contribution in [2.24, 2.45) is 5.92 Å². The molecule has 2 aliphatic heterocycles. The summed E-state index contributed by atoms with van der Waals surface area (Å²) < 4.78 is 6.44. The van der Waals surface area contributed by atoms with Crippen LogP contribution in [0.15, 0.2) is 24.3 Å². The second-order valence-electron chi connectivity index (χ2n) is 10.2. The standard InChI is InChI=1S/C15H29N3O.C9H10O.C3H8.2CH2O/c1-16(2)11-14-12-17(3)15(19-14)6-8-18(9-7-15)10-13-4-5-13;1-7-3-5-9(6-4-7)8(2)10;1-3-2;2*1-2/h13-14H,4-12H2,1-3H3;3-6H,1-2H3;3H2,1-2H3;2*1H2. The highest BCUT2D eigenvalue weighted by atomic mass is 16.5. The molecule has 1 aromatic rings. The van der Waals surface area contributed by atoms with E-state index < -0.39 is 0 Å². The number of piperidine rings is 1. The molecule has 206 valence electrons. The lowest BCUT2D eigenvalue weighted by Gasteiger charge is -2.42. The fraction of sp³-hybridized carbons (Fsp3) is 0.690. The monoisotopic (exact) mass is 505 g/mol. The van der Waals surface area contributed by atoms with Gasteiger partial charge >= 0.3 is 0 Å². The molecule has 7 heteroatoms. The molecule has 7 nitrogen and oxygen atoms in total. The van der Waals surface area contributed by atoms with Crippen LogP contribution in [0.1, 0.15) is 68.8 Å². The van der Waals surface area contributed by atoms with Crippen LogP contribution in [-0.2, 0) is 14.3 Å². The van der Waals surface area contributed by atoms with Crippen LogP contribution in [0.2, 0.25) is 0 Å². The van der Waals surface area contributed by atoms with Gasteiger partial charge in [0.2, 0.25) is 0 Å². The van der Waals surface area contributed by atoms with Gasteiger partial charge in [0, 0.05) is 51.1 Å². The van der Waals surface area contributed by atoms with Gasteiger partial charge in [-0.2, -0.15) is 0 Å². The fourth-order valence-electron chi connectivity index (χ4n) is 4.45. The van der Waals surface area contributed by atoms with E-state index in [1.165, 1.54) is 57.3 Å². The molecule has 0 bridgehead atoms. The zero-order valence-electron chi connectivity index (χ0n) is 23.9. The summed E-state index contributed by atoms with van der Waals surface area (Å²) in [4.78, 5) is 34.1. The summed E-state index contributed by atoms with van der Waals surface area (Å²) in [5.74, 6) is 1.14. The number of hydrogen-bond acceptors (Lipinski definition) is 7. The van der Waals surface area contributed by atoms with E-state index in [9.17, 15) is 4.79 Å². The number of rotatable bonds is 5. The highest BCUT2D eigenvalue weighted by Gasteiger charge is 2.46. The van der Waals surface area contributed by atoms with Gasteiger partial charge in [-0.15, -0.1) is 0 Å². The maximum atomic E-state index is 10.8. The van der Waals surface area contributed by atoms with E-state index in [1.54, 1.807) is 6.92 Å². The summed E-state index contributed by atoms with van der Waals surface area (Å²) in [6.45, 7) is 17.7. The zero-order chi connectivity index (χ0) is 27.7. The number of carbonyl (C=O) groups excluding carboxylic acids is 3. The van der Waals surface area contributed by atoms with E-state index in [4.69, 9.17) is 14.3 Å². The maximum absolute atomic E-state index is 10.8. The maximum Gasteiger partial charge on any atom is 0.159 e. The van der Waals surface area contributed by atoms with Crippen molar-refractivity contribution in [1.82, 2.24) is 14.7 Å². The second kappa shape index (κ2) is 18.3. The minimum atomic E-state index is 0.0424. The molecule has 1 atom stereocenters. The lowest BCUT2D eigenvalue weighted by Crippen LogP contribution is -2.52. The molecule has 3 fully saturated rings. The van der Waals surface area contributed by atoms with Crippen molar-refractivity contribution in [1.29, 1.82) is 0 Å². The van der Waals surface area contributed by atoms with E-state index in [2.05, 4.69) is 49.7 Å². The van der Waals surface area contributed by atoms with Crippen molar-refractivity contribution in [3.63, 3.8) is 0 Å². The highest BCUT2D eigenvalue weighted by Crippen LogP contribution is 2.37. The van der Waals surface area contributed by atoms with E-state index >= 15 is 0 Å². The number of hydrogen-bond donors (Lipinski definition) is 0. The van der Waals surface area contributed by atoms with Crippen LogP contribution < -0.4 is 0 Å². The molecule has 1 saturated carbocycles. The van der Waals surface area contributed by atoms with Gasteiger partial charge in [-0.25, -0.2) is 0 Å². The third-order valence-electron chi connectivity index (χ3n) is 6.44. The second-order valence-corrected chi connectivity index (χ2v) is 10.2. The molecule has 2 heterocycles. The van der Waals surface area contributed by atoms with Gasteiger partial charge in [0.15, 0.2) is 5.78 Å². The zero-order valence-corrected chi connectivity index (χ0v) is 23.9. The quantitative estimate of drug-likeness (QED) is 0.552. The van der Waals surface area contributed by atoms with Crippen LogP contribution >= 0.6 is 0 Å². The number of likely N-dealkylation sites (N-methyl/N-ethyl adjacent to an activating group) is 2. The topological polar surface area (TPSA) is 70.2 Å². The lowest BCUT2D eigenvalue weighted by atomic mass is 9.99. The van der Waals surface area contributed by atoms with E-state index in [0.29, 0.717) is 6.10 Å². The first-order chi connectivity index (χ1) is 17.2. The summed E-state index contributed by atoms with van der Waals surface area (Å²) in [5, 5.41) is 0. The number of Topliss-reactive ketones (excluding diaryl/α,β-unsaturated/α-hetero) is 1. The van der Waals surface area contributed by atoms with Crippen LogP contribution in [0.4, 0.5) is 0 Å². The molecule has 3 aliphatic rings. The molecule has 36 heavy (non-hydrogen) atoms. The third-order valence-corrected chi connectivity index (χ3v) is 6.44. The fourth-order valence-corrected chi connectivity index (χ4v) is 4.45. The van der Waals surface area contributed by atoms with E-state index in [-0.39, 0.29) is 11.5 Å². The SMILES string of the molecule is C=O.C=O.CC(=O)c1ccc(C)cc1.CCC.CN(C)CC1CN(C)C2(CCN(CC3CC3)CC2)O1. The van der Waals surface area contributed by atoms with Crippen LogP contribution in [-0.4, -0.2) is 99.8 Å². The van der Waals surface area contributed by atoms with Crippen LogP contribution in [0.25, 0.3) is 0 Å². The van der Waals surface area contributed by atoms with Gasteiger partial charge in [0.1, 0.15) is 19.3 Å². The molecule has 1 unspecified atom stereocenters. The van der Waals surface area contributed by atoms with Gasteiger partial charge in [0.25, 0.3) is 0 Å². The Bertz CT molecular complexity index is 712. The predicted molar refractivity (Wildman–Crippen MR) is 149 cm³/mol. The molecule has 1 spiro atoms. The summed E-state index contributed by atoms with van der Waals surface area (Å²) in [6, 6.07) is 7.57. The van der Waals surface area contributed by atoms with Crippen LogP contribution in [0.5, 0.6) is 0 Å². The minimum absolute atomic E-state index is 0.0424. The highest BCUT2D eigenvalue weighted by molar-refractivity contribution is 5.93. The van der Waals surface area contributed by atoms with Crippen molar-refractivity contribution < 1.29 is 19.1 Å². The van der Waals surface area contributed by atoms with Crippen molar-refractivity contribution in [3.8, 4) is 0 Å². The lowest BCUT2D eigenvalue weighted by molar-refractivity contribution is -0.132. The first kappa shape index (κ1) is 34.1. The number of aryl methyl sites for hydroxylation is 1. The summed E-state index contributed by atoms with van der Waals surface area (Å²) in [7, 11) is 6.51. The van der Waals surface area contributed by atoms with Crippen molar-refractivity contribution in [2.75, 3.05) is 53.9 Å². The van der Waals surface area contributed by atoms with Gasteiger partial charge in [-0.1, -0.05) is 50.1 Å². The third kappa shape index (κ3) is 12.3. The summed E-state index contributed by atoms with van der Waals surface area (Å²) in [5.41, 5.74) is 2.01. The Morgan fingerprint density at radius 2 is 1.56 bits per heavy atom. The van der Waals surface area contributed by atoms with Crippen molar-refractivity contribution >= 4 is 19.4 Å². The number of benzene rings is 1. The van der Waals surface area contributed by atoms with Crippen molar-refractivity contribution in [2.45, 2.75) is 71.6 Å². The Labute approximate surface area is 220 Å². The summed E-state index contributed by atoms with van der Waals surface area (Å²) >= 11 is 0. The molecule has 0 aromatic heterocycles. The number of nitrogens with zero attached hydrogens (tertiary/aromatic N) is 3. The van der Waals surface area contributed by atoms with Gasteiger partial charge in [-0.3, -0.25) is 9.69 Å². The molecule has 0 N–H and O–H groups in total. The van der Waals surface area contributed by atoms with Gasteiger partial charge in [0.05, 0.1) is 6.10 Å². The smallest absolute Gasteiger partial charge is 0.159 e. The molecule has 1 aromatic carbocycles. The predicted octanol–water partition coefficient (Wildman–Crippen LogP) is 4.32. The van der Waals surface area contributed by atoms with E-state index in [0.717, 1.165) is 24.6 Å². The molecule has 0 radical (unpaired) electrons.